The zero-order valence-corrected chi connectivity index (χ0v) is 15.9. The third kappa shape index (κ3) is 3.82. The second kappa shape index (κ2) is 7.94. The molecule has 28 heavy (non-hydrogen) atoms. The van der Waals surface area contributed by atoms with Crippen LogP contribution in [0.1, 0.15) is 36.5 Å². The van der Waals surface area contributed by atoms with Crippen LogP contribution in [0.2, 0.25) is 0 Å². The van der Waals surface area contributed by atoms with Crippen LogP contribution in [0.15, 0.2) is 48.7 Å². The van der Waals surface area contributed by atoms with Gasteiger partial charge in [-0.25, -0.2) is 9.97 Å². The van der Waals surface area contributed by atoms with Crippen molar-refractivity contribution in [3.63, 3.8) is 0 Å². The molecule has 0 spiro atoms. The summed E-state index contributed by atoms with van der Waals surface area (Å²) < 4.78 is 5.41. The summed E-state index contributed by atoms with van der Waals surface area (Å²) in [6, 6.07) is 13.6. The Morgan fingerprint density at radius 3 is 2.82 bits per heavy atom. The molecule has 1 aliphatic rings. The van der Waals surface area contributed by atoms with E-state index >= 15 is 0 Å². The first-order chi connectivity index (χ1) is 13.6. The SMILES string of the molecule is CCOc1ccc(-c2cc(C(=O)N[C@@H]3CC[C@H](N)C3)c3ccccc3n2)cn1. The van der Waals surface area contributed by atoms with E-state index < -0.39 is 0 Å². The number of ether oxygens (including phenoxy) is 1. The van der Waals surface area contributed by atoms with Crippen molar-refractivity contribution in [3.05, 3.63) is 54.2 Å². The van der Waals surface area contributed by atoms with Crippen molar-refractivity contribution in [2.75, 3.05) is 6.61 Å². The molecule has 2 aromatic heterocycles. The van der Waals surface area contributed by atoms with Crippen molar-refractivity contribution >= 4 is 16.8 Å². The fourth-order valence-electron chi connectivity index (χ4n) is 3.69. The van der Waals surface area contributed by atoms with Crippen molar-refractivity contribution in [3.8, 4) is 17.1 Å². The Morgan fingerprint density at radius 2 is 2.11 bits per heavy atom. The van der Waals surface area contributed by atoms with E-state index in [1.54, 1.807) is 6.20 Å². The molecule has 0 saturated heterocycles. The predicted molar refractivity (Wildman–Crippen MR) is 109 cm³/mol. The number of para-hydroxylation sites is 1. The molecule has 0 aliphatic heterocycles. The second-order valence-electron chi connectivity index (χ2n) is 7.13. The van der Waals surface area contributed by atoms with Crippen LogP contribution in [0.25, 0.3) is 22.2 Å². The van der Waals surface area contributed by atoms with Gasteiger partial charge in [-0.15, -0.1) is 0 Å². The van der Waals surface area contributed by atoms with Gasteiger partial charge < -0.3 is 15.8 Å². The number of hydrogen-bond donors (Lipinski definition) is 2. The third-order valence-corrected chi connectivity index (χ3v) is 5.09. The summed E-state index contributed by atoms with van der Waals surface area (Å²) in [7, 11) is 0. The summed E-state index contributed by atoms with van der Waals surface area (Å²) in [6.07, 6.45) is 4.42. The lowest BCUT2D eigenvalue weighted by molar-refractivity contribution is 0.0939. The minimum atomic E-state index is -0.0853. The van der Waals surface area contributed by atoms with E-state index in [0.29, 0.717) is 23.7 Å². The van der Waals surface area contributed by atoms with Gasteiger partial charge in [-0.1, -0.05) is 18.2 Å². The van der Waals surface area contributed by atoms with E-state index in [4.69, 9.17) is 15.5 Å². The third-order valence-electron chi connectivity index (χ3n) is 5.09. The highest BCUT2D eigenvalue weighted by molar-refractivity contribution is 6.07. The summed E-state index contributed by atoms with van der Waals surface area (Å²) in [4.78, 5) is 22.1. The number of carbonyl (C=O) groups excluding carboxylic acids is 1. The van der Waals surface area contributed by atoms with Crippen molar-refractivity contribution < 1.29 is 9.53 Å². The minimum absolute atomic E-state index is 0.0853. The van der Waals surface area contributed by atoms with Crippen molar-refractivity contribution in [2.24, 2.45) is 5.73 Å². The molecule has 6 nitrogen and oxygen atoms in total. The normalized spacial score (nSPS) is 18.9. The zero-order valence-electron chi connectivity index (χ0n) is 15.9. The molecule has 1 fully saturated rings. The van der Waals surface area contributed by atoms with Gasteiger partial charge in [0.05, 0.1) is 23.4 Å². The average Bonchev–Trinajstić information content (AvgIpc) is 3.12. The van der Waals surface area contributed by atoms with Crippen LogP contribution in [-0.2, 0) is 0 Å². The number of nitrogens with one attached hydrogen (secondary N) is 1. The highest BCUT2D eigenvalue weighted by Gasteiger charge is 2.24. The van der Waals surface area contributed by atoms with Crippen LogP contribution in [-0.4, -0.2) is 34.6 Å². The van der Waals surface area contributed by atoms with Crippen LogP contribution in [0.5, 0.6) is 5.88 Å². The molecule has 0 bridgehead atoms. The number of nitrogens with two attached hydrogens (primary N) is 1. The van der Waals surface area contributed by atoms with Gasteiger partial charge >= 0.3 is 0 Å². The Balaban J connectivity index is 1.69. The van der Waals surface area contributed by atoms with Gasteiger partial charge in [0.15, 0.2) is 0 Å². The molecular weight excluding hydrogens is 352 g/mol. The van der Waals surface area contributed by atoms with Gasteiger partial charge in [-0.3, -0.25) is 4.79 Å². The molecule has 2 atom stereocenters. The lowest BCUT2D eigenvalue weighted by Crippen LogP contribution is -2.34. The molecule has 3 N–H and O–H groups in total. The van der Waals surface area contributed by atoms with Crippen LogP contribution >= 0.6 is 0 Å². The Bertz CT molecular complexity index is 987. The monoisotopic (exact) mass is 376 g/mol. The van der Waals surface area contributed by atoms with Gasteiger partial charge in [-0.2, -0.15) is 0 Å². The van der Waals surface area contributed by atoms with Crippen LogP contribution < -0.4 is 15.8 Å². The predicted octanol–water partition coefficient (Wildman–Crippen LogP) is 3.31. The second-order valence-corrected chi connectivity index (χ2v) is 7.13. The summed E-state index contributed by atoms with van der Waals surface area (Å²) in [5.74, 6) is 0.487. The van der Waals surface area contributed by atoms with E-state index in [-0.39, 0.29) is 18.0 Å². The van der Waals surface area contributed by atoms with E-state index in [1.807, 2.05) is 49.4 Å². The molecule has 2 heterocycles. The van der Waals surface area contributed by atoms with Crippen molar-refractivity contribution in [2.45, 2.75) is 38.3 Å². The molecule has 4 rings (SSSR count). The number of aromatic nitrogens is 2. The van der Waals surface area contributed by atoms with Gasteiger partial charge in [0.2, 0.25) is 5.88 Å². The molecular formula is C22H24N4O2. The first kappa shape index (κ1) is 18.4. The molecule has 144 valence electrons. The minimum Gasteiger partial charge on any atom is -0.478 e. The smallest absolute Gasteiger partial charge is 0.252 e. The summed E-state index contributed by atoms with van der Waals surface area (Å²) >= 11 is 0. The maximum atomic E-state index is 13.0. The van der Waals surface area contributed by atoms with Crippen molar-refractivity contribution in [1.29, 1.82) is 0 Å². The summed E-state index contributed by atoms with van der Waals surface area (Å²) in [6.45, 7) is 2.48. The highest BCUT2D eigenvalue weighted by atomic mass is 16.5. The lowest BCUT2D eigenvalue weighted by atomic mass is 10.0. The molecule has 1 saturated carbocycles. The van der Waals surface area contributed by atoms with Crippen molar-refractivity contribution in [1.82, 2.24) is 15.3 Å². The molecule has 1 aromatic carbocycles. The Hall–Kier alpha value is -2.99. The Morgan fingerprint density at radius 1 is 1.25 bits per heavy atom. The van der Waals surface area contributed by atoms with Crippen LogP contribution in [0.3, 0.4) is 0 Å². The Kier molecular flexibility index (Phi) is 5.21. The average molecular weight is 376 g/mol. The molecule has 6 heteroatoms. The fraction of sp³-hybridized carbons (Fsp3) is 0.318. The van der Waals surface area contributed by atoms with Crippen LogP contribution in [0, 0.1) is 0 Å². The topological polar surface area (TPSA) is 90.1 Å². The highest BCUT2D eigenvalue weighted by Crippen LogP contribution is 2.26. The first-order valence-electron chi connectivity index (χ1n) is 9.69. The molecule has 1 amide bonds. The number of hydrogen-bond acceptors (Lipinski definition) is 5. The lowest BCUT2D eigenvalue weighted by Gasteiger charge is -2.15. The van der Waals surface area contributed by atoms with E-state index in [0.717, 1.165) is 35.7 Å². The molecule has 3 aromatic rings. The maximum absolute atomic E-state index is 13.0. The number of pyridine rings is 2. The van der Waals surface area contributed by atoms with Gasteiger partial charge in [0.1, 0.15) is 0 Å². The number of fused-ring (bicyclic) bond motifs is 1. The standard InChI is InChI=1S/C22H24N4O2/c1-2-28-21-10-7-14(13-24-21)20-12-18(17-5-3-4-6-19(17)26-20)22(27)25-16-9-8-15(23)11-16/h3-7,10,12-13,15-16H,2,8-9,11,23H2,1H3,(H,25,27)/t15-,16+/m0/s1. The van der Waals surface area contributed by atoms with Crippen LogP contribution in [0.4, 0.5) is 0 Å². The first-order valence-corrected chi connectivity index (χ1v) is 9.69. The molecule has 0 radical (unpaired) electrons. The fourth-order valence-corrected chi connectivity index (χ4v) is 3.69. The summed E-state index contributed by atoms with van der Waals surface area (Å²) in [5, 5.41) is 3.98. The van der Waals surface area contributed by atoms with E-state index in [1.165, 1.54) is 0 Å². The van der Waals surface area contributed by atoms with Gasteiger partial charge in [0.25, 0.3) is 5.91 Å². The number of benzene rings is 1. The van der Waals surface area contributed by atoms with E-state index in [2.05, 4.69) is 10.3 Å². The largest absolute Gasteiger partial charge is 0.478 e. The molecule has 0 unspecified atom stereocenters. The maximum Gasteiger partial charge on any atom is 0.252 e. The zero-order chi connectivity index (χ0) is 19.5. The van der Waals surface area contributed by atoms with Gasteiger partial charge in [-0.05, 0) is 44.4 Å². The number of rotatable bonds is 5. The quantitative estimate of drug-likeness (QED) is 0.713. The number of nitrogens with zero attached hydrogens (tertiary/aromatic N) is 2. The number of carbonyl (C=O) groups is 1. The summed E-state index contributed by atoms with van der Waals surface area (Å²) in [5.41, 5.74) is 8.94. The van der Waals surface area contributed by atoms with E-state index in [9.17, 15) is 4.79 Å². The molecule has 1 aliphatic carbocycles. The Labute approximate surface area is 164 Å². The number of amides is 1. The van der Waals surface area contributed by atoms with Gasteiger partial charge in [0, 0.05) is 35.3 Å².